The fraction of sp³-hybridized carbons (Fsp3) is 0.267. The van der Waals surface area contributed by atoms with Crippen molar-refractivity contribution < 1.29 is 9.67 Å². The van der Waals surface area contributed by atoms with Crippen LogP contribution >= 0.6 is 0 Å². The molecule has 0 unspecified atom stereocenters. The molecule has 8 rings (SSSR count). The van der Waals surface area contributed by atoms with E-state index >= 15 is 0 Å². The summed E-state index contributed by atoms with van der Waals surface area (Å²) in [6.07, 6.45) is 9.40. The summed E-state index contributed by atoms with van der Waals surface area (Å²) in [5, 5.41) is 11.6. The largest absolute Gasteiger partial charge is 0.511 e. The van der Waals surface area contributed by atoms with Crippen molar-refractivity contribution in [3.63, 3.8) is 0 Å². The van der Waals surface area contributed by atoms with Crippen LogP contribution in [-0.4, -0.2) is 28.6 Å². The number of rotatable bonds is 4. The number of imidazole rings is 3. The second kappa shape index (κ2) is 11.7. The lowest BCUT2D eigenvalue weighted by atomic mass is 9.79. The average molecular weight is 687 g/mol. The molecule has 4 heterocycles. The molecular weight excluding hydrogens is 641 g/mol. The highest BCUT2D eigenvalue weighted by atomic mass is 16.3. The molecule has 0 aliphatic heterocycles. The van der Waals surface area contributed by atoms with Crippen molar-refractivity contribution >= 4 is 27.8 Å². The van der Waals surface area contributed by atoms with Gasteiger partial charge in [0, 0.05) is 18.6 Å². The number of nitrogens with zero attached hydrogens (tertiary/aromatic N) is 6. The Bertz CT molecular complexity index is 2650. The monoisotopic (exact) mass is 686 g/mol. The van der Waals surface area contributed by atoms with Gasteiger partial charge in [0.05, 0.1) is 27.8 Å². The topological polar surface area (TPSA) is 64.2 Å². The standard InChI is InChI=1S/C45H46N6O/c1-43(2,3)30-20-21-46-40(27-30)51-38-24-29(18-19-37(38)50-36-17-13-11-15-34(36)47-42(50)51)32-14-10-12-16-35(32)48-22-23-49(28-48)39-26-31(44(4,5)6)25-33(41(39)52)45(7,8)9/h10-27,52H,1-9H3. The van der Waals surface area contributed by atoms with Crippen LogP contribution in [0.15, 0.2) is 110 Å². The first-order chi connectivity index (χ1) is 24.6. The maximum absolute atomic E-state index is 11.6. The van der Waals surface area contributed by atoms with Crippen LogP contribution in [0, 0.1) is 6.33 Å². The summed E-state index contributed by atoms with van der Waals surface area (Å²) in [6.45, 7) is 19.7. The highest BCUT2D eigenvalue weighted by molar-refractivity contribution is 5.94. The van der Waals surface area contributed by atoms with E-state index in [1.54, 1.807) is 0 Å². The quantitative estimate of drug-likeness (QED) is 0.148. The molecule has 262 valence electrons. The third-order valence-electron chi connectivity index (χ3n) is 10.1. The number of phenols is 1. The van der Waals surface area contributed by atoms with Gasteiger partial charge >= 0.3 is 0 Å². The van der Waals surface area contributed by atoms with Crippen LogP contribution in [0.1, 0.15) is 79.0 Å². The van der Waals surface area contributed by atoms with Crippen molar-refractivity contribution in [1.82, 2.24) is 23.5 Å². The number of phenolic OH excluding ortho intramolecular Hbond substituents is 1. The van der Waals surface area contributed by atoms with E-state index in [0.717, 1.165) is 61.6 Å². The van der Waals surface area contributed by atoms with Gasteiger partial charge in [-0.1, -0.05) is 105 Å². The molecule has 8 aromatic rings. The van der Waals surface area contributed by atoms with Gasteiger partial charge in [-0.25, -0.2) is 9.97 Å². The van der Waals surface area contributed by atoms with E-state index in [4.69, 9.17) is 9.97 Å². The fourth-order valence-corrected chi connectivity index (χ4v) is 7.12. The summed E-state index contributed by atoms with van der Waals surface area (Å²) in [5.41, 5.74) is 10.8. The van der Waals surface area contributed by atoms with Crippen LogP contribution in [0.2, 0.25) is 0 Å². The van der Waals surface area contributed by atoms with E-state index in [2.05, 4.69) is 163 Å². The number of aromatic hydroxyl groups is 1. The zero-order valence-electron chi connectivity index (χ0n) is 31.5. The Kier molecular flexibility index (Phi) is 7.51. The second-order valence-electron chi connectivity index (χ2n) is 17.0. The fourth-order valence-electron chi connectivity index (χ4n) is 7.12. The molecular formula is C45H46N6O. The molecule has 4 aromatic heterocycles. The first kappa shape index (κ1) is 33.5. The molecule has 0 bridgehead atoms. The van der Waals surface area contributed by atoms with Crippen molar-refractivity contribution in [3.8, 4) is 34.1 Å². The molecule has 0 aliphatic carbocycles. The molecule has 52 heavy (non-hydrogen) atoms. The molecule has 4 aromatic carbocycles. The number of hydrogen-bond acceptors (Lipinski definition) is 3. The van der Waals surface area contributed by atoms with E-state index in [0.29, 0.717) is 5.69 Å². The van der Waals surface area contributed by atoms with Crippen molar-refractivity contribution in [2.45, 2.75) is 78.6 Å². The van der Waals surface area contributed by atoms with Crippen molar-refractivity contribution in [2.75, 3.05) is 0 Å². The molecule has 0 saturated carbocycles. The van der Waals surface area contributed by atoms with Gasteiger partial charge in [-0.3, -0.25) is 18.1 Å². The van der Waals surface area contributed by atoms with Crippen LogP contribution < -0.4 is 4.57 Å². The van der Waals surface area contributed by atoms with Gasteiger partial charge < -0.3 is 5.11 Å². The van der Waals surface area contributed by atoms with Crippen LogP contribution in [0.5, 0.6) is 5.75 Å². The van der Waals surface area contributed by atoms with Gasteiger partial charge in [0.2, 0.25) is 5.78 Å². The Labute approximate surface area is 305 Å². The molecule has 0 spiro atoms. The zero-order valence-corrected chi connectivity index (χ0v) is 31.5. The van der Waals surface area contributed by atoms with Gasteiger partial charge in [0.1, 0.15) is 17.3 Å². The lowest BCUT2D eigenvalue weighted by Crippen LogP contribution is -2.29. The molecule has 7 heteroatoms. The van der Waals surface area contributed by atoms with E-state index in [-0.39, 0.29) is 22.0 Å². The summed E-state index contributed by atoms with van der Waals surface area (Å²) < 4.78 is 8.33. The van der Waals surface area contributed by atoms with Crippen molar-refractivity contribution in [1.29, 1.82) is 0 Å². The number of aromatic nitrogens is 6. The van der Waals surface area contributed by atoms with E-state index in [9.17, 15) is 5.11 Å². The van der Waals surface area contributed by atoms with Gasteiger partial charge in [-0.05, 0) is 92.6 Å². The highest BCUT2D eigenvalue weighted by Crippen LogP contribution is 2.40. The molecule has 1 N–H and O–H groups in total. The molecule has 0 atom stereocenters. The van der Waals surface area contributed by atoms with Crippen LogP contribution in [0.4, 0.5) is 0 Å². The van der Waals surface area contributed by atoms with Gasteiger partial charge in [0.25, 0.3) is 6.33 Å². The average Bonchev–Trinajstić information content (AvgIpc) is 3.80. The van der Waals surface area contributed by atoms with Crippen molar-refractivity contribution in [3.05, 3.63) is 133 Å². The van der Waals surface area contributed by atoms with Crippen LogP contribution in [0.3, 0.4) is 0 Å². The number of hydrogen-bond donors (Lipinski definition) is 1. The Morgan fingerprint density at radius 2 is 1.42 bits per heavy atom. The smallest absolute Gasteiger partial charge is 0.268 e. The summed E-state index contributed by atoms with van der Waals surface area (Å²) in [5.74, 6) is 1.94. The Balaban J connectivity index is 1.30. The third-order valence-corrected chi connectivity index (χ3v) is 10.1. The van der Waals surface area contributed by atoms with E-state index < -0.39 is 0 Å². The predicted octanol–water partition coefficient (Wildman–Crippen LogP) is 9.96. The summed E-state index contributed by atoms with van der Waals surface area (Å²) in [6, 6.07) is 31.8. The number of fused-ring (bicyclic) bond motifs is 5. The summed E-state index contributed by atoms with van der Waals surface area (Å²) in [7, 11) is 0. The Hall–Kier alpha value is -5.69. The minimum Gasteiger partial charge on any atom is -0.511 e. The SMILES string of the molecule is CC(C)(C)c1ccnc(-n2c3cc(-c4ccccc4-[n+]4[c-]n(-c5cc(C(C)(C)C)cc(C(C)(C)C)c5O)cc4)ccc3n3c4ccccc4nc23)c1. The summed E-state index contributed by atoms with van der Waals surface area (Å²) >= 11 is 0. The minimum atomic E-state index is -0.233. The summed E-state index contributed by atoms with van der Waals surface area (Å²) in [4.78, 5) is 10.0. The molecule has 0 saturated heterocycles. The number of para-hydroxylation sites is 3. The van der Waals surface area contributed by atoms with E-state index in [1.807, 2.05) is 33.8 Å². The Morgan fingerprint density at radius 1 is 0.692 bits per heavy atom. The predicted molar refractivity (Wildman–Crippen MR) is 210 cm³/mol. The van der Waals surface area contributed by atoms with Gasteiger partial charge in [-0.15, -0.1) is 0 Å². The van der Waals surface area contributed by atoms with E-state index in [1.165, 1.54) is 5.56 Å². The second-order valence-corrected chi connectivity index (χ2v) is 17.0. The Morgan fingerprint density at radius 3 is 2.17 bits per heavy atom. The third kappa shape index (κ3) is 5.56. The molecule has 0 amide bonds. The lowest BCUT2D eigenvalue weighted by Gasteiger charge is -2.27. The highest BCUT2D eigenvalue weighted by Gasteiger charge is 2.26. The van der Waals surface area contributed by atoms with Crippen LogP contribution in [-0.2, 0) is 16.2 Å². The molecule has 0 aliphatic rings. The molecule has 7 nitrogen and oxygen atoms in total. The zero-order chi connectivity index (χ0) is 36.7. The molecule has 0 fully saturated rings. The number of benzene rings is 4. The normalized spacial score (nSPS) is 12.8. The van der Waals surface area contributed by atoms with Crippen LogP contribution in [0.25, 0.3) is 56.2 Å². The maximum atomic E-state index is 11.6. The lowest BCUT2D eigenvalue weighted by molar-refractivity contribution is -0.598. The number of pyridine rings is 1. The molecule has 0 radical (unpaired) electrons. The first-order valence-corrected chi connectivity index (χ1v) is 18.0. The van der Waals surface area contributed by atoms with Gasteiger partial charge in [-0.2, -0.15) is 0 Å². The minimum absolute atomic E-state index is 0.0372. The van der Waals surface area contributed by atoms with Gasteiger partial charge in [0.15, 0.2) is 0 Å². The first-order valence-electron chi connectivity index (χ1n) is 18.0. The maximum Gasteiger partial charge on any atom is 0.268 e. The van der Waals surface area contributed by atoms with Crippen molar-refractivity contribution in [2.24, 2.45) is 0 Å².